The van der Waals surface area contributed by atoms with Gasteiger partial charge in [-0.1, -0.05) is 77.1 Å². The summed E-state index contributed by atoms with van der Waals surface area (Å²) in [6.45, 7) is 16.5. The van der Waals surface area contributed by atoms with E-state index in [1.165, 1.54) is 95.0 Å². The number of quaternary nitrogens is 1. The second-order valence-corrected chi connectivity index (χ2v) is 11.6. The van der Waals surface area contributed by atoms with Crippen LogP contribution in [0.3, 0.4) is 0 Å². The number of hydrogen-bond donors (Lipinski definition) is 0. The lowest BCUT2D eigenvalue weighted by molar-refractivity contribution is -0.929. The van der Waals surface area contributed by atoms with E-state index >= 15 is 0 Å². The molecule has 0 amide bonds. The first-order valence-corrected chi connectivity index (χ1v) is 14.6. The molecule has 1 aromatic rings. The molecule has 1 rings (SSSR count). The van der Waals surface area contributed by atoms with Crippen molar-refractivity contribution in [1.29, 1.82) is 0 Å². The van der Waals surface area contributed by atoms with Crippen LogP contribution in [0.25, 0.3) is 6.08 Å². The van der Waals surface area contributed by atoms with Crippen molar-refractivity contribution in [3.8, 4) is 0 Å². The number of allylic oxidation sites excluding steroid dienone is 1. The molecule has 0 saturated heterocycles. The Hall–Kier alpha value is 0.180. The first kappa shape index (κ1) is 34.3. The van der Waals surface area contributed by atoms with E-state index in [0.717, 1.165) is 5.56 Å². The quantitative estimate of drug-likeness (QED) is 0.161. The highest BCUT2D eigenvalue weighted by Crippen LogP contribution is 2.18. The van der Waals surface area contributed by atoms with Gasteiger partial charge >= 0.3 is 0 Å². The Morgan fingerprint density at radius 1 is 0.812 bits per heavy atom. The van der Waals surface area contributed by atoms with E-state index in [9.17, 15) is 8.42 Å². The van der Waals surface area contributed by atoms with Gasteiger partial charge in [0.15, 0.2) is 0 Å². The first-order valence-electron chi connectivity index (χ1n) is 11.9. The van der Waals surface area contributed by atoms with Gasteiger partial charge in [0, 0.05) is 15.7 Å². The van der Waals surface area contributed by atoms with E-state index in [4.69, 9.17) is 22.3 Å². The third-order valence-electron chi connectivity index (χ3n) is 5.57. The molecule has 1 aromatic carbocycles. The van der Waals surface area contributed by atoms with Gasteiger partial charge in [0.1, 0.15) is 0 Å². The molecular formula is C25H44Cl2INO2S. The Morgan fingerprint density at radius 3 is 1.44 bits per heavy atom. The molecule has 3 nitrogen and oxygen atoms in total. The van der Waals surface area contributed by atoms with Crippen LogP contribution in [-0.2, 0) is 9.05 Å². The Bertz CT molecular complexity index is 684. The van der Waals surface area contributed by atoms with Crippen molar-refractivity contribution < 1.29 is 36.9 Å². The summed E-state index contributed by atoms with van der Waals surface area (Å²) < 4.78 is 23.2. The van der Waals surface area contributed by atoms with Crippen LogP contribution in [-0.4, -0.2) is 39.1 Å². The molecule has 0 spiro atoms. The summed E-state index contributed by atoms with van der Waals surface area (Å²) in [6.07, 6.45) is 12.5. The molecule has 0 aliphatic heterocycles. The van der Waals surface area contributed by atoms with Crippen molar-refractivity contribution in [2.24, 2.45) is 0 Å². The lowest BCUT2D eigenvalue weighted by Gasteiger charge is -2.39. The smallest absolute Gasteiger partial charge is 0.257 e. The fraction of sp³-hybridized carbons (Fsp3) is 0.680. The molecule has 0 saturated carbocycles. The van der Waals surface area contributed by atoms with Crippen LogP contribution < -0.4 is 24.0 Å². The standard InChI is InChI=1S/C16H36N.C9H8Cl2O2S.HI/c1-5-9-13-17(14-10-6-2,15-11-7-3)16-12-8-4;1-7(14(11,12)13)6-8-2-4-9(10)5-3-8;/h5-16H2,1-4H3;2-6H,1H3;1H/q+1;;/p-1/b;7-6+;. The summed E-state index contributed by atoms with van der Waals surface area (Å²) in [6, 6.07) is 6.80. The third-order valence-corrected chi connectivity index (χ3v) is 7.44. The molecular weight excluding hydrogens is 576 g/mol. The minimum absolute atomic E-state index is 0. The number of hydrogen-bond acceptors (Lipinski definition) is 2. The molecule has 0 bridgehead atoms. The third kappa shape index (κ3) is 15.9. The number of rotatable bonds is 14. The largest absolute Gasteiger partial charge is 1.00 e. The van der Waals surface area contributed by atoms with E-state index < -0.39 is 9.05 Å². The molecule has 188 valence electrons. The van der Waals surface area contributed by atoms with Crippen molar-refractivity contribution in [3.05, 3.63) is 39.8 Å². The maximum atomic E-state index is 10.9. The van der Waals surface area contributed by atoms with Crippen molar-refractivity contribution in [1.82, 2.24) is 0 Å². The number of nitrogens with zero attached hydrogens (tertiary/aromatic N) is 1. The predicted octanol–water partition coefficient (Wildman–Crippen LogP) is 5.28. The molecule has 0 N–H and O–H groups in total. The zero-order chi connectivity index (χ0) is 23.8. The lowest BCUT2D eigenvalue weighted by Crippen LogP contribution is -3.00. The molecule has 0 aliphatic carbocycles. The highest BCUT2D eigenvalue weighted by Gasteiger charge is 2.24. The summed E-state index contributed by atoms with van der Waals surface area (Å²) in [5.41, 5.74) is 0.746. The average molecular weight is 621 g/mol. The Kier molecular flexibility index (Phi) is 20.9. The maximum Gasteiger partial charge on any atom is 0.257 e. The van der Waals surface area contributed by atoms with Gasteiger partial charge in [-0.15, -0.1) is 0 Å². The molecule has 0 radical (unpaired) electrons. The number of halogens is 3. The number of unbranched alkanes of at least 4 members (excludes halogenated alkanes) is 4. The van der Waals surface area contributed by atoms with E-state index in [1.807, 2.05) is 0 Å². The Labute approximate surface area is 225 Å². The zero-order valence-corrected chi connectivity index (χ0v) is 25.2. The van der Waals surface area contributed by atoms with E-state index in [2.05, 4.69) is 27.7 Å². The highest BCUT2D eigenvalue weighted by molar-refractivity contribution is 8.16. The topological polar surface area (TPSA) is 34.1 Å². The fourth-order valence-corrected chi connectivity index (χ4v) is 4.05. The molecule has 0 aromatic heterocycles. The van der Waals surface area contributed by atoms with E-state index in [0.29, 0.717) is 5.02 Å². The Balaban J connectivity index is 0. The molecule has 0 heterocycles. The lowest BCUT2D eigenvalue weighted by atomic mass is 10.1. The van der Waals surface area contributed by atoms with Crippen LogP contribution in [0.5, 0.6) is 0 Å². The van der Waals surface area contributed by atoms with Crippen LogP contribution in [0.15, 0.2) is 29.2 Å². The van der Waals surface area contributed by atoms with E-state index in [1.54, 1.807) is 24.3 Å². The second kappa shape index (κ2) is 19.5. The zero-order valence-electron chi connectivity index (χ0n) is 20.7. The summed E-state index contributed by atoms with van der Waals surface area (Å²) in [4.78, 5) is 0.112. The average Bonchev–Trinajstić information content (AvgIpc) is 2.74. The second-order valence-electron chi connectivity index (χ2n) is 8.39. The van der Waals surface area contributed by atoms with Gasteiger partial charge in [-0.2, -0.15) is 0 Å². The number of benzene rings is 1. The van der Waals surface area contributed by atoms with Gasteiger partial charge in [0.2, 0.25) is 0 Å². The SMILES string of the molecule is C/C(=C\c1ccc(Cl)cc1)S(=O)(=O)Cl.CCCC[N+](CCCC)(CCCC)CCCC.[I-]. The summed E-state index contributed by atoms with van der Waals surface area (Å²) in [7, 11) is 1.53. The van der Waals surface area contributed by atoms with Gasteiger partial charge in [0.25, 0.3) is 9.05 Å². The van der Waals surface area contributed by atoms with Crippen molar-refractivity contribution in [2.45, 2.75) is 86.0 Å². The van der Waals surface area contributed by atoms with Crippen LogP contribution in [0.1, 0.15) is 91.5 Å². The molecule has 7 heteroatoms. The summed E-state index contributed by atoms with van der Waals surface area (Å²) in [5.74, 6) is 0. The van der Waals surface area contributed by atoms with Crippen molar-refractivity contribution in [3.63, 3.8) is 0 Å². The van der Waals surface area contributed by atoms with Gasteiger partial charge in [0.05, 0.1) is 31.1 Å². The summed E-state index contributed by atoms with van der Waals surface area (Å²) in [5, 5.41) is 0.605. The van der Waals surface area contributed by atoms with Crippen molar-refractivity contribution >= 4 is 37.4 Å². The van der Waals surface area contributed by atoms with Crippen LogP contribution >= 0.6 is 22.3 Å². The van der Waals surface area contributed by atoms with Gasteiger partial charge in [-0.25, -0.2) is 8.42 Å². The van der Waals surface area contributed by atoms with Crippen LogP contribution in [0.2, 0.25) is 5.02 Å². The predicted molar refractivity (Wildman–Crippen MR) is 139 cm³/mol. The molecule has 0 aliphatic rings. The van der Waals surface area contributed by atoms with Crippen LogP contribution in [0, 0.1) is 0 Å². The first-order chi connectivity index (χ1) is 14.6. The van der Waals surface area contributed by atoms with Gasteiger partial charge in [-0.3, -0.25) is 0 Å². The minimum Gasteiger partial charge on any atom is -1.00 e. The molecule has 0 fully saturated rings. The van der Waals surface area contributed by atoms with Crippen LogP contribution in [0.4, 0.5) is 0 Å². The molecule has 32 heavy (non-hydrogen) atoms. The van der Waals surface area contributed by atoms with Gasteiger partial charge < -0.3 is 28.5 Å². The maximum absolute atomic E-state index is 10.9. The van der Waals surface area contributed by atoms with Gasteiger partial charge in [-0.05, 0) is 56.4 Å². The molecule has 0 unspecified atom stereocenters. The Morgan fingerprint density at radius 2 is 1.16 bits per heavy atom. The summed E-state index contributed by atoms with van der Waals surface area (Å²) >= 11 is 5.67. The van der Waals surface area contributed by atoms with Crippen molar-refractivity contribution in [2.75, 3.05) is 26.2 Å². The highest BCUT2D eigenvalue weighted by atomic mass is 127. The minimum atomic E-state index is -3.61. The molecule has 0 atom stereocenters. The normalized spacial score (nSPS) is 12.0. The van der Waals surface area contributed by atoms with E-state index in [-0.39, 0.29) is 28.9 Å². The monoisotopic (exact) mass is 619 g/mol. The fourth-order valence-electron chi connectivity index (χ4n) is 3.51.